The van der Waals surface area contributed by atoms with E-state index >= 15 is 0 Å². The van der Waals surface area contributed by atoms with Crippen molar-refractivity contribution in [3.8, 4) is 0 Å². The van der Waals surface area contributed by atoms with E-state index < -0.39 is 0 Å². The molecule has 2 aliphatic rings. The van der Waals surface area contributed by atoms with Crippen LogP contribution in [0.4, 0.5) is 5.82 Å². The molecule has 3 heterocycles. The van der Waals surface area contributed by atoms with Crippen molar-refractivity contribution in [2.24, 2.45) is 5.92 Å². The number of carbonyl (C=O) groups excluding carboxylic acids is 1. The smallest absolute Gasteiger partial charge is 0.225 e. The molecule has 1 N–H and O–H groups in total. The van der Waals surface area contributed by atoms with Crippen LogP contribution in [-0.4, -0.2) is 44.8 Å². The number of rotatable bonds is 4. The van der Waals surface area contributed by atoms with Gasteiger partial charge in [0.15, 0.2) is 11.5 Å². The van der Waals surface area contributed by atoms with Crippen molar-refractivity contribution >= 4 is 17.4 Å². The van der Waals surface area contributed by atoms with Crippen LogP contribution in [-0.2, 0) is 4.79 Å². The average molecular weight is 399 g/mol. The second-order valence-corrected chi connectivity index (χ2v) is 9.01. The van der Waals surface area contributed by atoms with E-state index in [1.165, 1.54) is 32.1 Å². The summed E-state index contributed by atoms with van der Waals surface area (Å²) in [5, 5.41) is 16.7. The molecule has 1 atom stereocenters. The Morgan fingerprint density at radius 3 is 2.55 bits per heavy atom. The molecule has 158 valence electrons. The van der Waals surface area contributed by atoms with Gasteiger partial charge in [-0.3, -0.25) is 4.79 Å². The van der Waals surface area contributed by atoms with Crippen molar-refractivity contribution in [1.82, 2.24) is 25.1 Å². The lowest BCUT2D eigenvalue weighted by atomic mass is 9.94. The van der Waals surface area contributed by atoms with Crippen molar-refractivity contribution < 1.29 is 4.79 Å². The molecular weight excluding hydrogens is 364 g/mol. The molecule has 2 aromatic rings. The minimum absolute atomic E-state index is 0.0390. The van der Waals surface area contributed by atoms with Gasteiger partial charge in [-0.05, 0) is 37.8 Å². The zero-order valence-corrected chi connectivity index (χ0v) is 17.8. The third-order valence-electron chi connectivity index (χ3n) is 6.36. The summed E-state index contributed by atoms with van der Waals surface area (Å²) in [6.07, 6.45) is 10.7. The summed E-state index contributed by atoms with van der Waals surface area (Å²) in [6.45, 7) is 5.87. The molecule has 7 nitrogen and oxygen atoms in total. The lowest BCUT2D eigenvalue weighted by Gasteiger charge is -2.33. The maximum atomic E-state index is 13.0. The number of hydrogen-bond donors (Lipinski definition) is 1. The van der Waals surface area contributed by atoms with Gasteiger partial charge in [0, 0.05) is 25.0 Å². The van der Waals surface area contributed by atoms with E-state index in [4.69, 9.17) is 5.10 Å². The van der Waals surface area contributed by atoms with Gasteiger partial charge in [0.1, 0.15) is 5.82 Å². The average Bonchev–Trinajstić information content (AvgIpc) is 3.13. The van der Waals surface area contributed by atoms with Crippen molar-refractivity contribution in [1.29, 1.82) is 0 Å². The molecule has 4 rings (SSSR count). The van der Waals surface area contributed by atoms with E-state index in [9.17, 15) is 4.79 Å². The van der Waals surface area contributed by atoms with E-state index in [-0.39, 0.29) is 17.7 Å². The third-order valence-corrected chi connectivity index (χ3v) is 6.36. The fourth-order valence-corrected chi connectivity index (χ4v) is 4.64. The second kappa shape index (κ2) is 9.09. The van der Waals surface area contributed by atoms with E-state index in [1.54, 1.807) is 0 Å². The zero-order valence-electron chi connectivity index (χ0n) is 17.8. The lowest BCUT2D eigenvalue weighted by molar-refractivity contribution is -0.126. The van der Waals surface area contributed by atoms with Crippen LogP contribution in [0.1, 0.15) is 83.4 Å². The number of amides is 1. The van der Waals surface area contributed by atoms with Crippen LogP contribution in [0.15, 0.2) is 12.1 Å². The first-order valence-electron chi connectivity index (χ1n) is 11.4. The Morgan fingerprint density at radius 2 is 1.79 bits per heavy atom. The molecule has 1 aliphatic carbocycles. The van der Waals surface area contributed by atoms with Gasteiger partial charge in [0.05, 0.1) is 5.92 Å². The number of hydrogen-bond acceptors (Lipinski definition) is 5. The fourth-order valence-electron chi connectivity index (χ4n) is 4.64. The number of fused-ring (bicyclic) bond motifs is 1. The van der Waals surface area contributed by atoms with Crippen molar-refractivity contribution in [2.75, 3.05) is 18.0 Å². The molecule has 7 heteroatoms. The number of nitrogens with one attached hydrogen (secondary N) is 1. The Bertz CT molecular complexity index is 824. The first-order valence-corrected chi connectivity index (χ1v) is 11.4. The number of carbonyl (C=O) groups is 1. The quantitative estimate of drug-likeness (QED) is 0.850. The van der Waals surface area contributed by atoms with Crippen molar-refractivity contribution in [3.63, 3.8) is 0 Å². The van der Waals surface area contributed by atoms with E-state index in [2.05, 4.69) is 34.3 Å². The molecule has 29 heavy (non-hydrogen) atoms. The molecule has 1 amide bonds. The maximum Gasteiger partial charge on any atom is 0.225 e. The summed E-state index contributed by atoms with van der Waals surface area (Å²) in [5.74, 6) is 2.31. The standard InChI is InChI=1S/C22H34N6O/c1-16(2)21-25-24-19-12-13-20(26-28(19)21)27-14-8-9-17(15-27)22(29)23-18-10-6-4-3-5-7-11-18/h12-13,16-18H,3-11,14-15H2,1-2H3,(H,23,29). The van der Waals surface area contributed by atoms with Crippen LogP contribution < -0.4 is 10.2 Å². The van der Waals surface area contributed by atoms with Gasteiger partial charge in [-0.25, -0.2) is 0 Å². The predicted molar refractivity (Wildman–Crippen MR) is 114 cm³/mol. The summed E-state index contributed by atoms with van der Waals surface area (Å²) in [6, 6.07) is 4.33. The Kier molecular flexibility index (Phi) is 6.31. The Hall–Kier alpha value is -2.18. The first kappa shape index (κ1) is 20.1. The molecule has 2 fully saturated rings. The number of anilines is 1. The van der Waals surface area contributed by atoms with Crippen molar-refractivity contribution in [3.05, 3.63) is 18.0 Å². The van der Waals surface area contributed by atoms with Gasteiger partial charge in [0.2, 0.25) is 5.91 Å². The van der Waals surface area contributed by atoms with Gasteiger partial charge in [0.25, 0.3) is 0 Å². The fraction of sp³-hybridized carbons (Fsp3) is 0.727. The van der Waals surface area contributed by atoms with E-state index in [0.717, 1.165) is 56.1 Å². The molecule has 0 radical (unpaired) electrons. The third kappa shape index (κ3) is 4.70. The Balaban J connectivity index is 1.43. The molecule has 1 unspecified atom stereocenters. The topological polar surface area (TPSA) is 75.4 Å². The van der Waals surface area contributed by atoms with Gasteiger partial charge >= 0.3 is 0 Å². The van der Waals surface area contributed by atoms with Gasteiger partial charge in [-0.15, -0.1) is 15.3 Å². The monoisotopic (exact) mass is 398 g/mol. The zero-order chi connectivity index (χ0) is 20.2. The molecule has 2 aromatic heterocycles. The van der Waals surface area contributed by atoms with Gasteiger partial charge < -0.3 is 10.2 Å². The largest absolute Gasteiger partial charge is 0.354 e. The van der Waals surface area contributed by atoms with Gasteiger partial charge in [-0.1, -0.05) is 46.0 Å². The summed E-state index contributed by atoms with van der Waals surface area (Å²) >= 11 is 0. The van der Waals surface area contributed by atoms with Crippen LogP contribution in [0.3, 0.4) is 0 Å². The number of piperidine rings is 1. The molecule has 0 spiro atoms. The predicted octanol–water partition coefficient (Wildman–Crippen LogP) is 3.69. The lowest BCUT2D eigenvalue weighted by Crippen LogP contribution is -2.46. The first-order chi connectivity index (χ1) is 14.1. The normalized spacial score (nSPS) is 21.9. The molecular formula is C22H34N6O. The SMILES string of the molecule is CC(C)c1nnc2ccc(N3CCCC(C(=O)NC4CCCCCCC4)C3)nn12. The highest BCUT2D eigenvalue weighted by Gasteiger charge is 2.28. The highest BCUT2D eigenvalue weighted by Crippen LogP contribution is 2.24. The van der Waals surface area contributed by atoms with Crippen LogP contribution in [0.2, 0.25) is 0 Å². The molecule has 1 saturated heterocycles. The summed E-state index contributed by atoms with van der Waals surface area (Å²) in [5.41, 5.74) is 0.771. The number of aromatic nitrogens is 4. The van der Waals surface area contributed by atoms with Crippen LogP contribution >= 0.6 is 0 Å². The molecule has 1 aliphatic heterocycles. The minimum atomic E-state index is 0.0390. The van der Waals surface area contributed by atoms with Gasteiger partial charge in [-0.2, -0.15) is 4.52 Å². The Morgan fingerprint density at radius 1 is 1.03 bits per heavy atom. The maximum absolute atomic E-state index is 13.0. The molecule has 0 aromatic carbocycles. The summed E-state index contributed by atoms with van der Waals surface area (Å²) in [7, 11) is 0. The van der Waals surface area contributed by atoms with Crippen LogP contribution in [0.25, 0.3) is 5.65 Å². The molecule has 1 saturated carbocycles. The Labute approximate surface area is 173 Å². The highest BCUT2D eigenvalue weighted by atomic mass is 16.2. The van der Waals surface area contributed by atoms with E-state index in [1.807, 2.05) is 16.6 Å². The van der Waals surface area contributed by atoms with Crippen LogP contribution in [0.5, 0.6) is 0 Å². The minimum Gasteiger partial charge on any atom is -0.354 e. The number of nitrogens with zero attached hydrogens (tertiary/aromatic N) is 5. The molecule has 0 bridgehead atoms. The summed E-state index contributed by atoms with van der Waals surface area (Å²) < 4.78 is 1.85. The van der Waals surface area contributed by atoms with Crippen molar-refractivity contribution in [2.45, 2.75) is 83.6 Å². The van der Waals surface area contributed by atoms with E-state index in [0.29, 0.717) is 6.04 Å². The van der Waals surface area contributed by atoms with Crippen LogP contribution in [0, 0.1) is 5.92 Å². The second-order valence-electron chi connectivity index (χ2n) is 9.01. The highest BCUT2D eigenvalue weighted by molar-refractivity contribution is 5.79. The summed E-state index contributed by atoms with van der Waals surface area (Å²) in [4.78, 5) is 15.2.